The van der Waals surface area contributed by atoms with E-state index in [9.17, 15) is 19.7 Å². The van der Waals surface area contributed by atoms with Crippen LogP contribution in [0.25, 0.3) is 12.2 Å². The summed E-state index contributed by atoms with van der Waals surface area (Å²) >= 11 is 0. The van der Waals surface area contributed by atoms with Crippen LogP contribution in [0.1, 0.15) is 11.3 Å². The second-order valence-electron chi connectivity index (χ2n) is 4.72. The van der Waals surface area contributed by atoms with Gasteiger partial charge in [0.15, 0.2) is 11.5 Å². The molecule has 0 radical (unpaired) electrons. The van der Waals surface area contributed by atoms with Crippen molar-refractivity contribution in [2.45, 2.75) is 0 Å². The summed E-state index contributed by atoms with van der Waals surface area (Å²) in [6, 6.07) is 3.21. The van der Waals surface area contributed by atoms with Gasteiger partial charge in [0.2, 0.25) is 5.75 Å². The molecule has 0 saturated carbocycles. The van der Waals surface area contributed by atoms with Crippen LogP contribution < -0.4 is 25.5 Å². The first-order chi connectivity index (χ1) is 11.9. The fourth-order valence-corrected chi connectivity index (χ4v) is 2.18. The molecule has 0 saturated heterocycles. The van der Waals surface area contributed by atoms with Crippen LogP contribution in [0.2, 0.25) is 0 Å². The Balaban J connectivity index is 2.55. The maximum absolute atomic E-state index is 11.6. The van der Waals surface area contributed by atoms with E-state index in [1.165, 1.54) is 33.5 Å². The van der Waals surface area contributed by atoms with E-state index in [1.807, 2.05) is 4.98 Å². The number of nitrogens with zero attached hydrogens (tertiary/aromatic N) is 1. The molecule has 0 fully saturated rings. The van der Waals surface area contributed by atoms with Crippen molar-refractivity contribution in [2.24, 2.45) is 0 Å². The molecule has 25 heavy (non-hydrogen) atoms. The second kappa shape index (κ2) is 7.34. The Kier molecular flexibility index (Phi) is 5.22. The van der Waals surface area contributed by atoms with Gasteiger partial charge in [-0.2, -0.15) is 0 Å². The van der Waals surface area contributed by atoms with Gasteiger partial charge < -0.3 is 19.2 Å². The molecular formula is C15H15N3O7. The van der Waals surface area contributed by atoms with Crippen LogP contribution in [-0.4, -0.2) is 36.2 Å². The predicted molar refractivity (Wildman–Crippen MR) is 89.4 cm³/mol. The van der Waals surface area contributed by atoms with E-state index in [2.05, 4.69) is 4.98 Å². The quantitative estimate of drug-likeness (QED) is 0.590. The fourth-order valence-electron chi connectivity index (χ4n) is 2.18. The second-order valence-corrected chi connectivity index (χ2v) is 4.72. The summed E-state index contributed by atoms with van der Waals surface area (Å²) in [6.45, 7) is 0. The Hall–Kier alpha value is -3.56. The predicted octanol–water partition coefficient (Wildman–Crippen LogP) is 1.17. The molecule has 0 unspecified atom stereocenters. The van der Waals surface area contributed by atoms with Gasteiger partial charge in [0.1, 0.15) is 5.69 Å². The Morgan fingerprint density at radius 3 is 2.08 bits per heavy atom. The molecular weight excluding hydrogens is 334 g/mol. The molecule has 1 aromatic carbocycles. The number of nitrogens with one attached hydrogen (secondary N) is 2. The van der Waals surface area contributed by atoms with E-state index in [-0.39, 0.29) is 5.69 Å². The number of hydrogen-bond donors (Lipinski definition) is 2. The third-order valence-corrected chi connectivity index (χ3v) is 3.26. The minimum Gasteiger partial charge on any atom is -0.493 e. The standard InChI is InChI=1S/C15H15N3O7/c1-23-10-6-8(7-11(24-2)13(10)25-3)4-5-9-12(18(21)22)14(19)17-15(20)16-9/h4-7H,1-3H3,(H2,16,17,19,20)/b5-4+. The zero-order valence-electron chi connectivity index (χ0n) is 13.6. The SMILES string of the molecule is COc1cc(/C=C/c2[nH]c(=O)[nH]c(=O)c2[N+](=O)[O-])cc(OC)c1OC. The van der Waals surface area contributed by atoms with E-state index in [4.69, 9.17) is 14.2 Å². The maximum atomic E-state index is 11.6. The topological polar surface area (TPSA) is 137 Å². The number of benzene rings is 1. The monoisotopic (exact) mass is 349 g/mol. The van der Waals surface area contributed by atoms with Gasteiger partial charge in [-0.05, 0) is 23.8 Å². The molecule has 0 aliphatic carbocycles. The molecule has 10 nitrogen and oxygen atoms in total. The Morgan fingerprint density at radius 1 is 1.00 bits per heavy atom. The van der Waals surface area contributed by atoms with Gasteiger partial charge in [0.05, 0.1) is 26.3 Å². The lowest BCUT2D eigenvalue weighted by Gasteiger charge is -2.12. The number of rotatable bonds is 6. The highest BCUT2D eigenvalue weighted by molar-refractivity contribution is 5.74. The summed E-state index contributed by atoms with van der Waals surface area (Å²) in [5.74, 6) is 1.16. The average molecular weight is 349 g/mol. The van der Waals surface area contributed by atoms with Crippen molar-refractivity contribution < 1.29 is 19.1 Å². The molecule has 2 aromatic rings. The summed E-state index contributed by atoms with van der Waals surface area (Å²) in [5.41, 5.74) is -2.38. The molecule has 0 aliphatic rings. The summed E-state index contributed by atoms with van der Waals surface area (Å²) in [5, 5.41) is 11.0. The van der Waals surface area contributed by atoms with Crippen LogP contribution in [0.15, 0.2) is 21.7 Å². The number of aromatic amines is 2. The van der Waals surface area contributed by atoms with Crippen LogP contribution in [0.4, 0.5) is 5.69 Å². The van der Waals surface area contributed by atoms with Crippen LogP contribution >= 0.6 is 0 Å². The first-order valence-corrected chi connectivity index (χ1v) is 6.90. The lowest BCUT2D eigenvalue weighted by Crippen LogP contribution is -2.25. The smallest absolute Gasteiger partial charge is 0.357 e. The number of nitro groups is 1. The first-order valence-electron chi connectivity index (χ1n) is 6.90. The van der Waals surface area contributed by atoms with Crippen molar-refractivity contribution in [2.75, 3.05) is 21.3 Å². The van der Waals surface area contributed by atoms with Crippen LogP contribution in [0.5, 0.6) is 17.2 Å². The molecule has 10 heteroatoms. The molecule has 1 heterocycles. The highest BCUT2D eigenvalue weighted by Crippen LogP contribution is 2.38. The molecule has 0 amide bonds. The van der Waals surface area contributed by atoms with Gasteiger partial charge in [-0.15, -0.1) is 0 Å². The van der Waals surface area contributed by atoms with E-state index in [0.717, 1.165) is 0 Å². The van der Waals surface area contributed by atoms with Crippen molar-refractivity contribution in [1.82, 2.24) is 9.97 Å². The first kappa shape index (κ1) is 17.8. The lowest BCUT2D eigenvalue weighted by molar-refractivity contribution is -0.386. The number of H-pyrrole nitrogens is 2. The minimum atomic E-state index is -1.08. The van der Waals surface area contributed by atoms with Gasteiger partial charge >= 0.3 is 16.9 Å². The fraction of sp³-hybridized carbons (Fsp3) is 0.200. The summed E-state index contributed by atoms with van der Waals surface area (Å²) in [6.07, 6.45) is 2.71. The molecule has 0 spiro atoms. The van der Waals surface area contributed by atoms with Gasteiger partial charge in [-0.1, -0.05) is 6.08 Å². The molecule has 1 aromatic heterocycles. The molecule has 132 valence electrons. The summed E-state index contributed by atoms with van der Waals surface area (Å²) < 4.78 is 15.6. The van der Waals surface area contributed by atoms with E-state index < -0.39 is 21.9 Å². The van der Waals surface area contributed by atoms with Gasteiger partial charge in [-0.3, -0.25) is 19.9 Å². The third-order valence-electron chi connectivity index (χ3n) is 3.26. The molecule has 0 aliphatic heterocycles. The Bertz CT molecular complexity index is 918. The zero-order chi connectivity index (χ0) is 18.6. The van der Waals surface area contributed by atoms with E-state index in [0.29, 0.717) is 22.8 Å². The van der Waals surface area contributed by atoms with E-state index >= 15 is 0 Å². The van der Waals surface area contributed by atoms with Gasteiger partial charge in [0.25, 0.3) is 0 Å². The third kappa shape index (κ3) is 3.68. The number of ether oxygens (including phenoxy) is 3. The van der Waals surface area contributed by atoms with Crippen molar-refractivity contribution in [3.05, 3.63) is 54.3 Å². The number of aromatic nitrogens is 2. The largest absolute Gasteiger partial charge is 0.493 e. The highest BCUT2D eigenvalue weighted by Gasteiger charge is 2.19. The molecule has 2 N–H and O–H groups in total. The van der Waals surface area contributed by atoms with Crippen molar-refractivity contribution in [3.8, 4) is 17.2 Å². The Labute approximate surface area is 140 Å². The van der Waals surface area contributed by atoms with Crippen molar-refractivity contribution in [1.29, 1.82) is 0 Å². The maximum Gasteiger partial charge on any atom is 0.357 e. The van der Waals surface area contributed by atoms with E-state index in [1.54, 1.807) is 12.1 Å². The summed E-state index contributed by atoms with van der Waals surface area (Å²) in [4.78, 5) is 37.1. The van der Waals surface area contributed by atoms with Crippen LogP contribution in [0, 0.1) is 10.1 Å². The molecule has 2 rings (SSSR count). The van der Waals surface area contributed by atoms with Gasteiger partial charge in [-0.25, -0.2) is 4.79 Å². The summed E-state index contributed by atoms with van der Waals surface area (Å²) in [7, 11) is 4.36. The van der Waals surface area contributed by atoms with Crippen molar-refractivity contribution >= 4 is 17.8 Å². The number of hydrogen-bond acceptors (Lipinski definition) is 7. The highest BCUT2D eigenvalue weighted by atomic mass is 16.6. The average Bonchev–Trinajstić information content (AvgIpc) is 2.57. The van der Waals surface area contributed by atoms with Gasteiger partial charge in [0, 0.05) is 0 Å². The lowest BCUT2D eigenvalue weighted by atomic mass is 10.1. The minimum absolute atomic E-state index is 0.229. The number of methoxy groups -OCH3 is 3. The normalized spacial score (nSPS) is 10.7. The molecule has 0 atom stereocenters. The van der Waals surface area contributed by atoms with Crippen LogP contribution in [0.3, 0.4) is 0 Å². The Morgan fingerprint density at radius 2 is 1.60 bits per heavy atom. The van der Waals surface area contributed by atoms with Crippen molar-refractivity contribution in [3.63, 3.8) is 0 Å². The molecule has 0 bridgehead atoms. The zero-order valence-corrected chi connectivity index (χ0v) is 13.6. The van der Waals surface area contributed by atoms with Crippen LogP contribution in [-0.2, 0) is 0 Å².